The van der Waals surface area contributed by atoms with Crippen molar-refractivity contribution in [1.82, 2.24) is 0 Å². The summed E-state index contributed by atoms with van der Waals surface area (Å²) < 4.78 is 16.8. The molecule has 0 aromatic rings. The molecule has 0 aliphatic carbocycles. The van der Waals surface area contributed by atoms with E-state index in [9.17, 15) is 14.4 Å². The summed E-state index contributed by atoms with van der Waals surface area (Å²) in [5.74, 6) is -0.862. The lowest BCUT2D eigenvalue weighted by atomic mass is 10.0. The molecule has 0 aliphatic heterocycles. The molecule has 66 heavy (non-hydrogen) atoms. The maximum atomic E-state index is 12.7. The quantitative estimate of drug-likeness (QED) is 0.0262. The van der Waals surface area contributed by atoms with Crippen LogP contribution in [0.2, 0.25) is 0 Å². The van der Waals surface area contributed by atoms with Gasteiger partial charge in [-0.05, 0) is 38.5 Å². The SMILES string of the molecule is CCC/C=C\CCCCCCCC(=O)OC(COC(=O)CCCCCCCCCCCC)COC(=O)CCCCCCCCCCCCCCCCCCCCCCCCCCCCCC. The first-order chi connectivity index (χ1) is 32.5. The van der Waals surface area contributed by atoms with Crippen LogP contribution in [0.25, 0.3) is 0 Å². The van der Waals surface area contributed by atoms with Crippen LogP contribution in [0, 0.1) is 0 Å². The number of hydrogen-bond donors (Lipinski definition) is 0. The molecule has 1 unspecified atom stereocenters. The van der Waals surface area contributed by atoms with Crippen LogP contribution < -0.4 is 0 Å². The molecule has 0 heterocycles. The van der Waals surface area contributed by atoms with E-state index in [0.717, 1.165) is 70.6 Å². The van der Waals surface area contributed by atoms with Gasteiger partial charge < -0.3 is 14.2 Å². The average molecular weight is 932 g/mol. The van der Waals surface area contributed by atoms with Crippen molar-refractivity contribution in [2.45, 2.75) is 341 Å². The Morgan fingerprint density at radius 1 is 0.288 bits per heavy atom. The molecule has 0 radical (unpaired) electrons. The van der Waals surface area contributed by atoms with Crippen molar-refractivity contribution < 1.29 is 28.6 Å². The highest BCUT2D eigenvalue weighted by Gasteiger charge is 2.19. The normalized spacial score (nSPS) is 12.0. The Hall–Kier alpha value is -1.85. The molecule has 0 amide bonds. The Morgan fingerprint density at radius 3 is 0.818 bits per heavy atom. The van der Waals surface area contributed by atoms with Gasteiger partial charge in [0.25, 0.3) is 0 Å². The van der Waals surface area contributed by atoms with Gasteiger partial charge in [-0.2, -0.15) is 0 Å². The first-order valence-corrected chi connectivity index (χ1v) is 29.7. The van der Waals surface area contributed by atoms with Gasteiger partial charge in [-0.3, -0.25) is 14.4 Å². The van der Waals surface area contributed by atoms with Crippen molar-refractivity contribution in [3.05, 3.63) is 12.2 Å². The smallest absolute Gasteiger partial charge is 0.306 e. The van der Waals surface area contributed by atoms with Crippen molar-refractivity contribution in [2.24, 2.45) is 0 Å². The van der Waals surface area contributed by atoms with Crippen molar-refractivity contribution in [3.63, 3.8) is 0 Å². The maximum absolute atomic E-state index is 12.7. The van der Waals surface area contributed by atoms with E-state index in [1.807, 2.05) is 0 Å². The third-order valence-electron chi connectivity index (χ3n) is 13.5. The van der Waals surface area contributed by atoms with Crippen molar-refractivity contribution >= 4 is 17.9 Å². The molecule has 0 rings (SSSR count). The molecule has 390 valence electrons. The predicted octanol–water partition coefficient (Wildman–Crippen LogP) is 19.7. The zero-order valence-electron chi connectivity index (χ0n) is 44.7. The third-order valence-corrected chi connectivity index (χ3v) is 13.5. The Kier molecular flexibility index (Phi) is 54.2. The Morgan fingerprint density at radius 2 is 0.530 bits per heavy atom. The fraction of sp³-hybridized carbons (Fsp3) is 0.917. The lowest BCUT2D eigenvalue weighted by molar-refractivity contribution is -0.167. The largest absolute Gasteiger partial charge is 0.462 e. The molecule has 0 bridgehead atoms. The molecule has 6 heteroatoms. The van der Waals surface area contributed by atoms with Gasteiger partial charge in [-0.1, -0.05) is 290 Å². The number of unbranched alkanes of at least 4 members (excludes halogenated alkanes) is 42. The van der Waals surface area contributed by atoms with Crippen LogP contribution >= 0.6 is 0 Å². The second kappa shape index (κ2) is 55.7. The van der Waals surface area contributed by atoms with Gasteiger partial charge in [-0.15, -0.1) is 0 Å². The van der Waals surface area contributed by atoms with E-state index in [1.165, 1.54) is 225 Å². The lowest BCUT2D eigenvalue weighted by Crippen LogP contribution is -2.30. The van der Waals surface area contributed by atoms with E-state index in [-0.39, 0.29) is 31.1 Å². The highest BCUT2D eigenvalue weighted by molar-refractivity contribution is 5.71. The monoisotopic (exact) mass is 931 g/mol. The number of carbonyl (C=O) groups excluding carboxylic acids is 3. The van der Waals surface area contributed by atoms with E-state index < -0.39 is 6.10 Å². The highest BCUT2D eigenvalue weighted by atomic mass is 16.6. The predicted molar refractivity (Wildman–Crippen MR) is 284 cm³/mol. The fourth-order valence-corrected chi connectivity index (χ4v) is 9.04. The lowest BCUT2D eigenvalue weighted by Gasteiger charge is -2.18. The van der Waals surface area contributed by atoms with Gasteiger partial charge in [-0.25, -0.2) is 0 Å². The number of hydrogen-bond acceptors (Lipinski definition) is 6. The molecule has 0 aliphatic rings. The van der Waals surface area contributed by atoms with E-state index in [1.54, 1.807) is 0 Å². The van der Waals surface area contributed by atoms with Gasteiger partial charge in [0.1, 0.15) is 13.2 Å². The Bertz CT molecular complexity index is 1020. The number of carbonyl (C=O) groups is 3. The van der Waals surface area contributed by atoms with E-state index in [4.69, 9.17) is 14.2 Å². The number of ether oxygens (including phenoxy) is 3. The Labute approximate surface area is 411 Å². The summed E-state index contributed by atoms with van der Waals surface area (Å²) in [6.07, 6.45) is 63.9. The van der Waals surface area contributed by atoms with Gasteiger partial charge in [0.2, 0.25) is 0 Å². The topological polar surface area (TPSA) is 78.9 Å². The standard InChI is InChI=1S/C60H114O6/c1-4-7-10-13-16-19-22-23-24-25-26-27-28-29-30-31-32-33-34-35-36-37-38-39-42-44-47-50-53-59(62)65-56-57(66-60(63)54-51-48-45-41-21-18-15-12-9-6-3)55-64-58(61)52-49-46-43-40-20-17-14-11-8-5-2/h12,15,57H,4-11,13-14,16-56H2,1-3H3/b15-12-. The summed E-state index contributed by atoms with van der Waals surface area (Å²) in [6.45, 7) is 6.61. The fourth-order valence-electron chi connectivity index (χ4n) is 9.04. The molecule has 0 aromatic carbocycles. The van der Waals surface area contributed by atoms with E-state index in [2.05, 4.69) is 32.9 Å². The molecular formula is C60H114O6. The maximum Gasteiger partial charge on any atom is 0.306 e. The summed E-state index contributed by atoms with van der Waals surface area (Å²) in [4.78, 5) is 37.9. The summed E-state index contributed by atoms with van der Waals surface area (Å²) >= 11 is 0. The third kappa shape index (κ3) is 53.1. The molecule has 0 aromatic heterocycles. The van der Waals surface area contributed by atoms with Gasteiger partial charge in [0.15, 0.2) is 6.10 Å². The molecule has 6 nitrogen and oxygen atoms in total. The van der Waals surface area contributed by atoms with E-state index >= 15 is 0 Å². The molecule has 0 saturated carbocycles. The second-order valence-electron chi connectivity index (χ2n) is 20.3. The number of esters is 3. The van der Waals surface area contributed by atoms with Crippen LogP contribution in [-0.4, -0.2) is 37.2 Å². The van der Waals surface area contributed by atoms with Crippen LogP contribution in [-0.2, 0) is 28.6 Å². The minimum Gasteiger partial charge on any atom is -0.462 e. The van der Waals surface area contributed by atoms with Gasteiger partial charge in [0.05, 0.1) is 0 Å². The van der Waals surface area contributed by atoms with Crippen LogP contribution in [0.3, 0.4) is 0 Å². The van der Waals surface area contributed by atoms with Crippen LogP contribution in [0.15, 0.2) is 12.2 Å². The first kappa shape index (κ1) is 64.2. The zero-order chi connectivity index (χ0) is 47.9. The average Bonchev–Trinajstić information content (AvgIpc) is 3.31. The minimum absolute atomic E-state index is 0.0683. The molecule has 0 spiro atoms. The summed E-state index contributed by atoms with van der Waals surface area (Å²) in [5, 5.41) is 0. The molecular weight excluding hydrogens is 817 g/mol. The van der Waals surface area contributed by atoms with Crippen LogP contribution in [0.1, 0.15) is 335 Å². The molecule has 0 N–H and O–H groups in total. The van der Waals surface area contributed by atoms with Crippen molar-refractivity contribution in [1.29, 1.82) is 0 Å². The van der Waals surface area contributed by atoms with Crippen LogP contribution in [0.4, 0.5) is 0 Å². The van der Waals surface area contributed by atoms with Crippen LogP contribution in [0.5, 0.6) is 0 Å². The summed E-state index contributed by atoms with van der Waals surface area (Å²) in [5.41, 5.74) is 0. The summed E-state index contributed by atoms with van der Waals surface area (Å²) in [6, 6.07) is 0. The van der Waals surface area contributed by atoms with Gasteiger partial charge >= 0.3 is 17.9 Å². The number of rotatable bonds is 55. The zero-order valence-corrected chi connectivity index (χ0v) is 44.7. The van der Waals surface area contributed by atoms with E-state index in [0.29, 0.717) is 19.3 Å². The van der Waals surface area contributed by atoms with Crippen molar-refractivity contribution in [3.8, 4) is 0 Å². The molecule has 1 atom stereocenters. The second-order valence-corrected chi connectivity index (χ2v) is 20.3. The Balaban J connectivity index is 4.00. The first-order valence-electron chi connectivity index (χ1n) is 29.7. The number of allylic oxidation sites excluding steroid dienone is 2. The minimum atomic E-state index is -0.767. The molecule has 0 saturated heterocycles. The van der Waals surface area contributed by atoms with Gasteiger partial charge in [0, 0.05) is 19.3 Å². The highest BCUT2D eigenvalue weighted by Crippen LogP contribution is 2.18. The van der Waals surface area contributed by atoms with Crippen molar-refractivity contribution in [2.75, 3.05) is 13.2 Å². The summed E-state index contributed by atoms with van der Waals surface area (Å²) in [7, 11) is 0. The molecule has 0 fully saturated rings.